The predicted molar refractivity (Wildman–Crippen MR) is 79.2 cm³/mol. The zero-order valence-electron chi connectivity index (χ0n) is 12.0. The SMILES string of the molecule is CC(=O)N1N=C(c2cccc(F)c2)C[C@@H]1c1cccc(F)c1. The second-order valence-electron chi connectivity index (χ2n) is 5.20. The number of hydrogen-bond acceptors (Lipinski definition) is 2. The van der Waals surface area contributed by atoms with E-state index in [0.717, 1.165) is 0 Å². The van der Waals surface area contributed by atoms with E-state index in [4.69, 9.17) is 0 Å². The van der Waals surface area contributed by atoms with Crippen LogP contribution in [0.5, 0.6) is 0 Å². The average molecular weight is 300 g/mol. The zero-order valence-corrected chi connectivity index (χ0v) is 12.0. The second kappa shape index (κ2) is 5.67. The van der Waals surface area contributed by atoms with Crippen LogP contribution in [0, 0.1) is 11.6 Å². The molecule has 22 heavy (non-hydrogen) atoms. The van der Waals surface area contributed by atoms with Gasteiger partial charge >= 0.3 is 0 Å². The lowest BCUT2D eigenvalue weighted by Gasteiger charge is -2.20. The zero-order chi connectivity index (χ0) is 15.7. The van der Waals surface area contributed by atoms with Crippen LogP contribution in [-0.4, -0.2) is 16.6 Å². The molecule has 0 aliphatic carbocycles. The molecule has 3 rings (SSSR count). The highest BCUT2D eigenvalue weighted by Crippen LogP contribution is 2.33. The molecule has 0 bridgehead atoms. The Morgan fingerprint density at radius 1 is 1.14 bits per heavy atom. The van der Waals surface area contributed by atoms with Crippen molar-refractivity contribution in [1.82, 2.24) is 5.01 Å². The first-order valence-corrected chi connectivity index (χ1v) is 6.93. The minimum Gasteiger partial charge on any atom is -0.273 e. The molecule has 1 atom stereocenters. The molecule has 0 aromatic heterocycles. The van der Waals surface area contributed by atoms with Gasteiger partial charge in [-0.2, -0.15) is 5.10 Å². The topological polar surface area (TPSA) is 32.7 Å². The summed E-state index contributed by atoms with van der Waals surface area (Å²) in [7, 11) is 0. The maximum atomic E-state index is 13.4. The van der Waals surface area contributed by atoms with E-state index in [1.807, 2.05) is 0 Å². The fourth-order valence-electron chi connectivity index (χ4n) is 2.62. The summed E-state index contributed by atoms with van der Waals surface area (Å²) in [5.74, 6) is -0.954. The molecule has 1 amide bonds. The maximum Gasteiger partial charge on any atom is 0.240 e. The van der Waals surface area contributed by atoms with Crippen molar-refractivity contribution in [1.29, 1.82) is 0 Å². The number of nitrogens with zero attached hydrogens (tertiary/aromatic N) is 2. The summed E-state index contributed by atoms with van der Waals surface area (Å²) in [5.41, 5.74) is 1.92. The standard InChI is InChI=1S/C17H14F2N2O/c1-11(22)21-17(13-5-3-7-15(19)9-13)10-16(20-21)12-4-2-6-14(18)8-12/h2-9,17H,10H2,1H3/t17-/m1/s1. The van der Waals surface area contributed by atoms with Gasteiger partial charge in [-0.1, -0.05) is 24.3 Å². The largest absolute Gasteiger partial charge is 0.273 e. The molecule has 5 heteroatoms. The highest BCUT2D eigenvalue weighted by atomic mass is 19.1. The molecule has 0 N–H and O–H groups in total. The predicted octanol–water partition coefficient (Wildman–Crippen LogP) is 3.66. The van der Waals surface area contributed by atoms with Gasteiger partial charge in [-0.15, -0.1) is 0 Å². The van der Waals surface area contributed by atoms with Gasteiger partial charge in [0.2, 0.25) is 5.91 Å². The molecule has 0 radical (unpaired) electrons. The molecule has 3 nitrogen and oxygen atoms in total. The number of carbonyl (C=O) groups is 1. The molecule has 0 saturated heterocycles. The fraction of sp³-hybridized carbons (Fsp3) is 0.176. The van der Waals surface area contributed by atoms with E-state index >= 15 is 0 Å². The lowest BCUT2D eigenvalue weighted by molar-refractivity contribution is -0.130. The van der Waals surface area contributed by atoms with Gasteiger partial charge in [0.15, 0.2) is 0 Å². The van der Waals surface area contributed by atoms with Crippen molar-refractivity contribution >= 4 is 11.6 Å². The number of benzene rings is 2. The quantitative estimate of drug-likeness (QED) is 0.833. The first-order chi connectivity index (χ1) is 10.5. The van der Waals surface area contributed by atoms with Gasteiger partial charge in [0.25, 0.3) is 0 Å². The van der Waals surface area contributed by atoms with Crippen molar-refractivity contribution in [3.63, 3.8) is 0 Å². The molecular weight excluding hydrogens is 286 g/mol. The van der Waals surface area contributed by atoms with Crippen molar-refractivity contribution in [2.75, 3.05) is 0 Å². The first-order valence-electron chi connectivity index (χ1n) is 6.93. The third kappa shape index (κ3) is 2.74. The Morgan fingerprint density at radius 3 is 2.45 bits per heavy atom. The Kier molecular flexibility index (Phi) is 3.71. The van der Waals surface area contributed by atoms with Gasteiger partial charge in [0.05, 0.1) is 11.8 Å². The van der Waals surface area contributed by atoms with Crippen LogP contribution in [0.2, 0.25) is 0 Å². The minimum absolute atomic E-state index is 0.235. The third-order valence-electron chi connectivity index (χ3n) is 3.62. The molecule has 0 saturated carbocycles. The van der Waals surface area contributed by atoms with Crippen molar-refractivity contribution in [2.24, 2.45) is 5.10 Å². The first kappa shape index (κ1) is 14.4. The number of hydrogen-bond donors (Lipinski definition) is 0. The summed E-state index contributed by atoms with van der Waals surface area (Å²) >= 11 is 0. The normalized spacial score (nSPS) is 17.5. The van der Waals surface area contributed by atoms with E-state index in [2.05, 4.69) is 5.10 Å². The highest BCUT2D eigenvalue weighted by Gasteiger charge is 2.31. The Hall–Kier alpha value is -2.56. The van der Waals surface area contributed by atoms with Crippen molar-refractivity contribution in [2.45, 2.75) is 19.4 Å². The number of hydrazone groups is 1. The molecule has 1 heterocycles. The van der Waals surface area contributed by atoms with E-state index < -0.39 is 0 Å². The van der Waals surface area contributed by atoms with E-state index in [0.29, 0.717) is 23.3 Å². The van der Waals surface area contributed by atoms with Gasteiger partial charge in [-0.3, -0.25) is 4.79 Å². The molecule has 2 aromatic carbocycles. The highest BCUT2D eigenvalue weighted by molar-refractivity contribution is 6.03. The van der Waals surface area contributed by atoms with Gasteiger partial charge in [-0.05, 0) is 29.8 Å². The summed E-state index contributed by atoms with van der Waals surface area (Å²) in [6.45, 7) is 1.41. The number of carbonyl (C=O) groups excluding carboxylic acids is 1. The molecule has 1 aliphatic heterocycles. The molecule has 0 spiro atoms. The minimum atomic E-state index is -0.369. The molecule has 112 valence electrons. The monoisotopic (exact) mass is 300 g/mol. The number of amides is 1. The molecule has 2 aromatic rings. The second-order valence-corrected chi connectivity index (χ2v) is 5.20. The van der Waals surface area contributed by atoms with Crippen LogP contribution >= 0.6 is 0 Å². The van der Waals surface area contributed by atoms with Crippen molar-refractivity contribution in [3.8, 4) is 0 Å². The third-order valence-corrected chi connectivity index (χ3v) is 3.62. The van der Waals surface area contributed by atoms with Crippen LogP contribution in [0.15, 0.2) is 53.6 Å². The van der Waals surface area contributed by atoms with Crippen molar-refractivity contribution < 1.29 is 13.6 Å². The van der Waals surface area contributed by atoms with Crippen LogP contribution in [0.3, 0.4) is 0 Å². The fourth-order valence-corrected chi connectivity index (χ4v) is 2.62. The van der Waals surface area contributed by atoms with Gasteiger partial charge < -0.3 is 0 Å². The van der Waals surface area contributed by atoms with Crippen LogP contribution in [0.25, 0.3) is 0 Å². The van der Waals surface area contributed by atoms with E-state index in [1.165, 1.54) is 36.2 Å². The van der Waals surface area contributed by atoms with Crippen LogP contribution in [0.1, 0.15) is 30.5 Å². The van der Waals surface area contributed by atoms with E-state index in [9.17, 15) is 13.6 Å². The summed E-state index contributed by atoms with van der Waals surface area (Å²) in [6, 6.07) is 11.8. The molecule has 0 unspecified atom stereocenters. The lowest BCUT2D eigenvalue weighted by atomic mass is 9.98. The smallest absolute Gasteiger partial charge is 0.240 e. The summed E-state index contributed by atoms with van der Waals surface area (Å²) in [4.78, 5) is 11.8. The number of rotatable bonds is 2. The van der Waals surface area contributed by atoms with Crippen LogP contribution in [-0.2, 0) is 4.79 Å². The molecular formula is C17H14F2N2O. The summed E-state index contributed by atoms with van der Waals surface area (Å²) in [5, 5.41) is 5.63. The van der Waals surface area contributed by atoms with Crippen LogP contribution in [0.4, 0.5) is 8.78 Å². The van der Waals surface area contributed by atoms with Gasteiger partial charge in [-0.25, -0.2) is 13.8 Å². The Labute approximate surface area is 126 Å². The van der Waals surface area contributed by atoms with Gasteiger partial charge in [0.1, 0.15) is 11.6 Å². The Bertz CT molecular complexity index is 758. The Morgan fingerprint density at radius 2 is 1.82 bits per heavy atom. The Balaban J connectivity index is 1.96. The summed E-state index contributed by atoms with van der Waals surface area (Å²) in [6.07, 6.45) is 0.423. The van der Waals surface area contributed by atoms with Crippen molar-refractivity contribution in [3.05, 3.63) is 71.3 Å². The number of halogens is 2. The van der Waals surface area contributed by atoms with Crippen LogP contribution < -0.4 is 0 Å². The van der Waals surface area contributed by atoms with E-state index in [-0.39, 0.29) is 23.6 Å². The lowest BCUT2D eigenvalue weighted by Crippen LogP contribution is -2.24. The average Bonchev–Trinajstić information content (AvgIpc) is 2.92. The molecule has 1 aliphatic rings. The molecule has 0 fully saturated rings. The maximum absolute atomic E-state index is 13.4. The van der Waals surface area contributed by atoms with E-state index in [1.54, 1.807) is 24.3 Å². The van der Waals surface area contributed by atoms with Gasteiger partial charge in [0, 0.05) is 18.9 Å². The summed E-state index contributed by atoms with van der Waals surface area (Å²) < 4.78 is 26.8.